The second-order valence-corrected chi connectivity index (χ2v) is 8.89. The number of hydrogen-bond donors (Lipinski definition) is 0. The smallest absolute Gasteiger partial charge is 0.196 e. The van der Waals surface area contributed by atoms with Gasteiger partial charge in [0.15, 0.2) is 5.78 Å². The molecule has 3 heterocycles. The van der Waals surface area contributed by atoms with E-state index in [4.69, 9.17) is 9.47 Å². The van der Waals surface area contributed by atoms with Crippen LogP contribution in [0.2, 0.25) is 0 Å². The highest BCUT2D eigenvalue weighted by atomic mass is 16.5. The molecule has 6 rings (SSSR count). The number of ether oxygens (including phenoxy) is 2. The molecule has 1 aromatic heterocycles. The number of morpholine rings is 1. The summed E-state index contributed by atoms with van der Waals surface area (Å²) in [7, 11) is 2.11. The van der Waals surface area contributed by atoms with E-state index in [9.17, 15) is 4.79 Å². The highest BCUT2D eigenvalue weighted by Crippen LogP contribution is 2.36. The number of rotatable bonds is 2. The molecule has 4 aromatic rings. The Morgan fingerprint density at radius 3 is 2.31 bits per heavy atom. The van der Waals surface area contributed by atoms with Gasteiger partial charge in [-0.05, 0) is 37.7 Å². The molecule has 184 valence electrons. The van der Waals surface area contributed by atoms with Crippen LogP contribution in [-0.2, 0) is 11.3 Å². The summed E-state index contributed by atoms with van der Waals surface area (Å²) in [5, 5.41) is 3.09. The first-order valence-corrected chi connectivity index (χ1v) is 12.6. The van der Waals surface area contributed by atoms with E-state index in [0.717, 1.165) is 77.1 Å². The number of carbonyl (C=O) groups is 1. The fraction of sp³-hybridized carbons (Fsp3) is 0.367. The second-order valence-electron chi connectivity index (χ2n) is 8.89. The van der Waals surface area contributed by atoms with E-state index in [1.165, 1.54) is 5.56 Å². The summed E-state index contributed by atoms with van der Waals surface area (Å²) in [6.07, 6.45) is 0. The number of nitrogens with zero attached hydrogens (tertiary/aromatic N) is 2. The number of likely N-dealkylation sites (N-methyl/N-ethyl adjacent to an activating group) is 1. The molecule has 0 atom stereocenters. The summed E-state index contributed by atoms with van der Waals surface area (Å²) in [6.45, 7) is 13.6. The molecule has 35 heavy (non-hydrogen) atoms. The van der Waals surface area contributed by atoms with Crippen molar-refractivity contribution in [3.8, 4) is 5.75 Å². The molecule has 3 aromatic carbocycles. The van der Waals surface area contributed by atoms with E-state index in [1.807, 2.05) is 51.1 Å². The molecule has 2 aliphatic rings. The molecule has 5 nitrogen and oxygen atoms in total. The van der Waals surface area contributed by atoms with Gasteiger partial charge in [-0.2, -0.15) is 0 Å². The third-order valence-electron chi connectivity index (χ3n) is 6.62. The summed E-state index contributed by atoms with van der Waals surface area (Å²) in [6, 6.07) is 18.2. The average Bonchev–Trinajstić information content (AvgIpc) is 3.18. The zero-order valence-electron chi connectivity index (χ0n) is 21.6. The van der Waals surface area contributed by atoms with E-state index in [-0.39, 0.29) is 5.78 Å². The van der Waals surface area contributed by atoms with Crippen LogP contribution in [0.5, 0.6) is 5.75 Å². The van der Waals surface area contributed by atoms with Crippen molar-refractivity contribution in [2.24, 2.45) is 0 Å². The SMILES string of the molecule is CC.CN1CCOCC1.Cc1ccc2c(C(=O)c3c(C)n4c5c(cccc35)OCC4)cccc2c1. The molecular weight excluding hydrogens is 436 g/mol. The normalized spacial score (nSPS) is 15.0. The summed E-state index contributed by atoms with van der Waals surface area (Å²) in [5.41, 5.74) is 4.80. The monoisotopic (exact) mass is 472 g/mol. The fourth-order valence-corrected chi connectivity index (χ4v) is 4.82. The number of hydrogen-bond acceptors (Lipinski definition) is 4. The van der Waals surface area contributed by atoms with Gasteiger partial charge in [0.05, 0.1) is 30.8 Å². The van der Waals surface area contributed by atoms with Gasteiger partial charge in [-0.3, -0.25) is 4.79 Å². The number of ketones is 1. The Labute approximate surface area is 208 Å². The summed E-state index contributed by atoms with van der Waals surface area (Å²) in [5.74, 6) is 0.948. The Morgan fingerprint density at radius 1 is 0.857 bits per heavy atom. The minimum atomic E-state index is 0.0831. The molecule has 0 spiro atoms. The average molecular weight is 473 g/mol. The van der Waals surface area contributed by atoms with Gasteiger partial charge in [-0.1, -0.05) is 67.9 Å². The van der Waals surface area contributed by atoms with Crippen LogP contribution < -0.4 is 4.74 Å². The van der Waals surface area contributed by atoms with Gasteiger partial charge in [0.1, 0.15) is 12.4 Å². The topological polar surface area (TPSA) is 43.7 Å². The van der Waals surface area contributed by atoms with Gasteiger partial charge in [0, 0.05) is 29.7 Å². The third kappa shape index (κ3) is 4.97. The number of carbonyl (C=O) groups excluding carboxylic acids is 1. The predicted octanol–water partition coefficient (Wildman–Crippen LogP) is 6.01. The Kier molecular flexibility index (Phi) is 7.89. The van der Waals surface area contributed by atoms with Gasteiger partial charge in [0.2, 0.25) is 0 Å². The molecule has 1 saturated heterocycles. The highest BCUT2D eigenvalue weighted by Gasteiger charge is 2.25. The summed E-state index contributed by atoms with van der Waals surface area (Å²) >= 11 is 0. The van der Waals surface area contributed by atoms with Gasteiger partial charge >= 0.3 is 0 Å². The van der Waals surface area contributed by atoms with Crippen LogP contribution in [0.4, 0.5) is 0 Å². The number of aromatic nitrogens is 1. The van der Waals surface area contributed by atoms with Crippen LogP contribution in [0.1, 0.15) is 41.0 Å². The van der Waals surface area contributed by atoms with Gasteiger partial charge in [-0.25, -0.2) is 0 Å². The van der Waals surface area contributed by atoms with Crippen molar-refractivity contribution in [3.05, 3.63) is 77.0 Å². The van der Waals surface area contributed by atoms with Crippen molar-refractivity contribution in [1.82, 2.24) is 9.47 Å². The fourth-order valence-electron chi connectivity index (χ4n) is 4.82. The summed E-state index contributed by atoms with van der Waals surface area (Å²) < 4.78 is 13.1. The van der Waals surface area contributed by atoms with E-state index in [0.29, 0.717) is 6.61 Å². The third-order valence-corrected chi connectivity index (χ3v) is 6.62. The Bertz CT molecular complexity index is 1330. The van der Waals surface area contributed by atoms with E-state index in [2.05, 4.69) is 47.7 Å². The zero-order chi connectivity index (χ0) is 24.9. The van der Waals surface area contributed by atoms with Gasteiger partial charge in [-0.15, -0.1) is 0 Å². The number of para-hydroxylation sites is 1. The first-order chi connectivity index (χ1) is 17.0. The lowest BCUT2D eigenvalue weighted by Gasteiger charge is -2.21. The van der Waals surface area contributed by atoms with E-state index < -0.39 is 0 Å². The maximum Gasteiger partial charge on any atom is 0.196 e. The molecule has 0 radical (unpaired) electrons. The predicted molar refractivity (Wildman–Crippen MR) is 144 cm³/mol. The van der Waals surface area contributed by atoms with Gasteiger partial charge in [0.25, 0.3) is 0 Å². The summed E-state index contributed by atoms with van der Waals surface area (Å²) in [4.78, 5) is 15.9. The van der Waals surface area contributed by atoms with E-state index >= 15 is 0 Å². The lowest BCUT2D eigenvalue weighted by Crippen LogP contribution is -2.32. The van der Waals surface area contributed by atoms with Crippen LogP contribution in [0.25, 0.3) is 21.7 Å². The molecule has 5 heteroatoms. The number of fused-ring (bicyclic) bond motifs is 1. The zero-order valence-corrected chi connectivity index (χ0v) is 21.6. The highest BCUT2D eigenvalue weighted by molar-refractivity contribution is 6.22. The Morgan fingerprint density at radius 2 is 1.60 bits per heavy atom. The van der Waals surface area contributed by atoms with Crippen LogP contribution in [0.3, 0.4) is 0 Å². The van der Waals surface area contributed by atoms with Gasteiger partial charge < -0.3 is 18.9 Å². The van der Waals surface area contributed by atoms with Crippen LogP contribution in [0, 0.1) is 13.8 Å². The number of benzene rings is 3. The van der Waals surface area contributed by atoms with Crippen molar-refractivity contribution in [1.29, 1.82) is 0 Å². The molecule has 0 saturated carbocycles. The first kappa shape index (κ1) is 25.0. The molecule has 0 bridgehead atoms. The molecular formula is C30H36N2O3. The minimum Gasteiger partial charge on any atom is -0.490 e. The standard InChI is InChI=1S/C23H19NO2.C5H11NO.C2H6/c1-14-9-10-17-16(13-14)5-3-6-18(17)23(25)21-15(2)24-11-12-26-20-8-4-7-19(21)22(20)24;1-6-2-4-7-5-3-6;1-2/h3-10,13H,11-12H2,1-2H3;2-5H2,1H3;1-2H3. The molecule has 0 N–H and O–H groups in total. The first-order valence-electron chi connectivity index (χ1n) is 12.6. The maximum atomic E-state index is 13.6. The molecule has 0 unspecified atom stereocenters. The van der Waals surface area contributed by atoms with E-state index in [1.54, 1.807) is 0 Å². The largest absolute Gasteiger partial charge is 0.490 e. The molecule has 1 fully saturated rings. The van der Waals surface area contributed by atoms with Crippen LogP contribution in [0.15, 0.2) is 54.6 Å². The maximum absolute atomic E-state index is 13.6. The number of aryl methyl sites for hydroxylation is 1. The molecule has 2 aliphatic heterocycles. The van der Waals surface area contributed by atoms with Crippen molar-refractivity contribution in [3.63, 3.8) is 0 Å². The molecule has 0 aliphatic carbocycles. The van der Waals surface area contributed by atoms with Crippen molar-refractivity contribution in [2.75, 3.05) is 40.0 Å². The lowest BCUT2D eigenvalue weighted by atomic mass is 9.95. The molecule has 0 amide bonds. The van der Waals surface area contributed by atoms with Crippen molar-refractivity contribution in [2.45, 2.75) is 34.2 Å². The van der Waals surface area contributed by atoms with Crippen LogP contribution >= 0.6 is 0 Å². The van der Waals surface area contributed by atoms with Crippen molar-refractivity contribution < 1.29 is 14.3 Å². The van der Waals surface area contributed by atoms with Crippen LogP contribution in [-0.4, -0.2) is 55.2 Å². The second kappa shape index (κ2) is 11.1. The lowest BCUT2D eigenvalue weighted by molar-refractivity contribution is 0.0503. The minimum absolute atomic E-state index is 0.0831. The Hall–Kier alpha value is -3.15. The Balaban J connectivity index is 0.000000275. The van der Waals surface area contributed by atoms with Crippen molar-refractivity contribution >= 4 is 27.5 Å². The quantitative estimate of drug-likeness (QED) is 0.335.